The summed E-state index contributed by atoms with van der Waals surface area (Å²) in [6.07, 6.45) is 5.41. The van der Waals surface area contributed by atoms with E-state index in [9.17, 15) is 4.79 Å². The first-order valence-corrected chi connectivity index (χ1v) is 7.01. The molecule has 2 aliphatic heterocycles. The number of nitrogens with one attached hydrogen (secondary N) is 2. The molecule has 3 rings (SSSR count). The molecule has 112 valence electrons. The molecule has 2 bridgehead atoms. The highest BCUT2D eigenvalue weighted by Gasteiger charge is 2.34. The minimum atomic E-state index is 0. The number of carbonyl (C=O) groups excluding carboxylic acids is 1. The van der Waals surface area contributed by atoms with Gasteiger partial charge in [-0.15, -0.1) is 12.4 Å². The molecule has 0 aliphatic carbocycles. The lowest BCUT2D eigenvalue weighted by molar-refractivity contribution is -0.122. The minimum absolute atomic E-state index is 0. The number of aromatic nitrogens is 2. The molecule has 7 heteroatoms. The molecule has 2 unspecified atom stereocenters. The van der Waals surface area contributed by atoms with Gasteiger partial charge in [0.1, 0.15) is 0 Å². The Balaban J connectivity index is 0.00000147. The third-order valence-corrected chi connectivity index (χ3v) is 4.05. The molecule has 2 aliphatic rings. The molecular formula is C13H21ClN4O2. The van der Waals surface area contributed by atoms with Crippen molar-refractivity contribution in [1.82, 2.24) is 20.8 Å². The highest BCUT2D eigenvalue weighted by atomic mass is 35.5. The predicted molar refractivity (Wildman–Crippen MR) is 75.4 cm³/mol. The quantitative estimate of drug-likeness (QED) is 0.877. The number of fused-ring (bicyclic) bond motifs is 2. The number of piperidine rings is 1. The Hall–Kier alpha value is -1.14. The summed E-state index contributed by atoms with van der Waals surface area (Å²) in [6, 6.07) is 1.27. The highest BCUT2D eigenvalue weighted by molar-refractivity contribution is 5.85. The fraction of sp³-hybridized carbons (Fsp3) is 0.769. The summed E-state index contributed by atoms with van der Waals surface area (Å²) in [5, 5.41) is 10.1. The average Bonchev–Trinajstić information content (AvgIpc) is 2.93. The lowest BCUT2D eigenvalue weighted by Crippen LogP contribution is -2.39. The van der Waals surface area contributed by atoms with Crippen LogP contribution < -0.4 is 10.6 Å². The molecule has 1 aromatic heterocycles. The molecule has 0 aromatic carbocycles. The molecule has 3 heterocycles. The van der Waals surface area contributed by atoms with E-state index < -0.39 is 0 Å². The topological polar surface area (TPSA) is 80.0 Å². The second kappa shape index (κ2) is 6.54. The normalized spacial score (nSPS) is 27.9. The van der Waals surface area contributed by atoms with E-state index in [2.05, 4.69) is 20.8 Å². The number of amides is 1. The van der Waals surface area contributed by atoms with Gasteiger partial charge in [-0.2, -0.15) is 4.98 Å². The first-order chi connectivity index (χ1) is 9.19. The number of hydrogen-bond donors (Lipinski definition) is 2. The molecule has 6 nitrogen and oxygen atoms in total. The maximum atomic E-state index is 11.9. The van der Waals surface area contributed by atoms with Gasteiger partial charge in [0.15, 0.2) is 5.82 Å². The van der Waals surface area contributed by atoms with Gasteiger partial charge >= 0.3 is 0 Å². The molecule has 1 amide bonds. The van der Waals surface area contributed by atoms with Crippen molar-refractivity contribution >= 4 is 18.3 Å². The first kappa shape index (κ1) is 15.3. The average molecular weight is 301 g/mol. The third kappa shape index (κ3) is 3.70. The number of nitrogens with zero attached hydrogens (tertiary/aromatic N) is 2. The van der Waals surface area contributed by atoms with Crippen molar-refractivity contribution in [3.05, 3.63) is 11.7 Å². The van der Waals surface area contributed by atoms with Crippen LogP contribution in [0.5, 0.6) is 0 Å². The van der Waals surface area contributed by atoms with E-state index in [0.29, 0.717) is 42.7 Å². The van der Waals surface area contributed by atoms with Gasteiger partial charge in [0.2, 0.25) is 11.8 Å². The van der Waals surface area contributed by atoms with Crippen LogP contribution in [-0.4, -0.2) is 28.1 Å². The van der Waals surface area contributed by atoms with Crippen LogP contribution in [0.1, 0.15) is 43.8 Å². The number of carbonyl (C=O) groups is 1. The van der Waals surface area contributed by atoms with Crippen molar-refractivity contribution in [2.45, 2.75) is 57.7 Å². The summed E-state index contributed by atoms with van der Waals surface area (Å²) in [6.45, 7) is 2.09. The summed E-state index contributed by atoms with van der Waals surface area (Å²) in [5.41, 5.74) is 0. The summed E-state index contributed by atoms with van der Waals surface area (Å²) in [7, 11) is 0. The second-order valence-corrected chi connectivity index (χ2v) is 5.69. The minimum Gasteiger partial charge on any atom is -0.347 e. The number of rotatable bonds is 4. The standard InChI is InChI=1S/C13H20N4O2.ClH/c1-8-15-13(19-17-8)7-14-12(18)6-9-4-10-2-3-11(5-9)16-10;/h9-11,16H,2-7H2,1H3,(H,14,18);1H. The Bertz CT molecular complexity index is 453. The van der Waals surface area contributed by atoms with Crippen LogP contribution in [-0.2, 0) is 11.3 Å². The summed E-state index contributed by atoms with van der Waals surface area (Å²) >= 11 is 0. The fourth-order valence-electron chi connectivity index (χ4n) is 3.26. The van der Waals surface area contributed by atoms with Crippen LogP contribution >= 0.6 is 12.4 Å². The van der Waals surface area contributed by atoms with Gasteiger partial charge in [-0.25, -0.2) is 0 Å². The molecule has 2 saturated heterocycles. The Morgan fingerprint density at radius 2 is 2.10 bits per heavy atom. The van der Waals surface area contributed by atoms with Gasteiger partial charge in [0.25, 0.3) is 0 Å². The molecular weight excluding hydrogens is 280 g/mol. The lowest BCUT2D eigenvalue weighted by atomic mass is 9.89. The molecule has 0 spiro atoms. The van der Waals surface area contributed by atoms with E-state index in [-0.39, 0.29) is 18.3 Å². The Kier molecular flexibility index (Phi) is 4.99. The van der Waals surface area contributed by atoms with E-state index in [1.807, 2.05) is 0 Å². The molecule has 20 heavy (non-hydrogen) atoms. The van der Waals surface area contributed by atoms with Crippen molar-refractivity contribution in [3.8, 4) is 0 Å². The summed E-state index contributed by atoms with van der Waals surface area (Å²) in [5.74, 6) is 1.67. The lowest BCUT2D eigenvalue weighted by Gasteiger charge is -2.28. The molecule has 1 aromatic rings. The first-order valence-electron chi connectivity index (χ1n) is 7.01. The van der Waals surface area contributed by atoms with Crippen LogP contribution in [0.4, 0.5) is 0 Å². The second-order valence-electron chi connectivity index (χ2n) is 5.69. The van der Waals surface area contributed by atoms with Crippen molar-refractivity contribution in [1.29, 1.82) is 0 Å². The smallest absolute Gasteiger partial charge is 0.246 e. The van der Waals surface area contributed by atoms with Crippen molar-refractivity contribution < 1.29 is 9.32 Å². The number of hydrogen-bond acceptors (Lipinski definition) is 5. The van der Waals surface area contributed by atoms with Crippen LogP contribution in [0.3, 0.4) is 0 Å². The van der Waals surface area contributed by atoms with Crippen molar-refractivity contribution in [2.24, 2.45) is 5.92 Å². The van der Waals surface area contributed by atoms with Crippen LogP contribution in [0.15, 0.2) is 4.52 Å². The Morgan fingerprint density at radius 3 is 2.70 bits per heavy atom. The van der Waals surface area contributed by atoms with Gasteiger partial charge in [-0.3, -0.25) is 4.79 Å². The third-order valence-electron chi connectivity index (χ3n) is 4.05. The molecule has 2 N–H and O–H groups in total. The van der Waals surface area contributed by atoms with E-state index >= 15 is 0 Å². The monoisotopic (exact) mass is 300 g/mol. The van der Waals surface area contributed by atoms with Crippen LogP contribution in [0.2, 0.25) is 0 Å². The Labute approximate surface area is 124 Å². The maximum absolute atomic E-state index is 11.9. The maximum Gasteiger partial charge on any atom is 0.246 e. The van der Waals surface area contributed by atoms with E-state index in [4.69, 9.17) is 4.52 Å². The van der Waals surface area contributed by atoms with Gasteiger partial charge in [0.05, 0.1) is 6.54 Å². The highest BCUT2D eigenvalue weighted by Crippen LogP contribution is 2.32. The largest absolute Gasteiger partial charge is 0.347 e. The van der Waals surface area contributed by atoms with Gasteiger partial charge in [-0.1, -0.05) is 5.16 Å². The zero-order chi connectivity index (χ0) is 13.2. The molecule has 0 saturated carbocycles. The summed E-state index contributed by atoms with van der Waals surface area (Å²) in [4.78, 5) is 16.0. The van der Waals surface area contributed by atoms with Crippen LogP contribution in [0, 0.1) is 12.8 Å². The molecule has 2 atom stereocenters. The fourth-order valence-corrected chi connectivity index (χ4v) is 3.26. The van der Waals surface area contributed by atoms with Gasteiger partial charge in [0, 0.05) is 18.5 Å². The SMILES string of the molecule is Cc1noc(CNC(=O)CC2CC3CCC(C2)N3)n1.Cl. The van der Waals surface area contributed by atoms with Gasteiger partial charge in [-0.05, 0) is 38.5 Å². The van der Waals surface area contributed by atoms with Crippen molar-refractivity contribution in [2.75, 3.05) is 0 Å². The van der Waals surface area contributed by atoms with E-state index in [1.165, 1.54) is 12.8 Å². The summed E-state index contributed by atoms with van der Waals surface area (Å²) < 4.78 is 4.96. The zero-order valence-electron chi connectivity index (χ0n) is 11.6. The van der Waals surface area contributed by atoms with E-state index in [1.54, 1.807) is 6.92 Å². The molecule has 0 radical (unpaired) electrons. The number of halogens is 1. The van der Waals surface area contributed by atoms with Gasteiger partial charge < -0.3 is 15.2 Å². The molecule has 2 fully saturated rings. The van der Waals surface area contributed by atoms with E-state index in [0.717, 1.165) is 12.8 Å². The van der Waals surface area contributed by atoms with Crippen LogP contribution in [0.25, 0.3) is 0 Å². The van der Waals surface area contributed by atoms with Crippen molar-refractivity contribution in [3.63, 3.8) is 0 Å². The Morgan fingerprint density at radius 1 is 1.40 bits per heavy atom. The number of aryl methyl sites for hydroxylation is 1. The zero-order valence-corrected chi connectivity index (χ0v) is 12.4. The predicted octanol–water partition coefficient (Wildman–Crippen LogP) is 1.34.